The number of nitrogens with one attached hydrogen (secondary N) is 2. The fourth-order valence-electron chi connectivity index (χ4n) is 3.67. The molecule has 0 spiro atoms. The molecule has 0 unspecified atom stereocenters. The number of halogens is 1. The summed E-state index contributed by atoms with van der Waals surface area (Å²) in [5.74, 6) is 1.96. The number of nitrogens with zero attached hydrogens (tertiary/aromatic N) is 4. The van der Waals surface area contributed by atoms with E-state index in [2.05, 4.69) is 61.0 Å². The lowest BCUT2D eigenvalue weighted by atomic mass is 10.0. The summed E-state index contributed by atoms with van der Waals surface area (Å²) in [6, 6.07) is 18.4. The number of rotatable bonds is 6. The average Bonchev–Trinajstić information content (AvgIpc) is 3.29. The molecule has 0 bridgehead atoms. The maximum absolute atomic E-state index is 5.93. The first-order chi connectivity index (χ1) is 15.2. The highest BCUT2D eigenvalue weighted by atomic mass is 35.5. The van der Waals surface area contributed by atoms with Crippen molar-refractivity contribution in [1.82, 2.24) is 20.8 Å². The number of guanidine groups is 1. The molecule has 1 aliphatic heterocycles. The summed E-state index contributed by atoms with van der Waals surface area (Å²) < 4.78 is 5.37. The Kier molecular flexibility index (Phi) is 7.04. The molecule has 0 radical (unpaired) electrons. The zero-order chi connectivity index (χ0) is 21.5. The van der Waals surface area contributed by atoms with Crippen LogP contribution in [-0.2, 0) is 6.42 Å². The SMILES string of the molecule is CN=C(NCCc1nc(-c2ccc(Cl)cc2)no1)NC1CCN(c2ccccc2)CC1. The van der Waals surface area contributed by atoms with Gasteiger partial charge in [0.1, 0.15) is 0 Å². The van der Waals surface area contributed by atoms with E-state index in [9.17, 15) is 0 Å². The van der Waals surface area contributed by atoms with Crippen LogP contribution in [0.25, 0.3) is 11.4 Å². The molecule has 162 valence electrons. The number of aliphatic imine (C=N–C) groups is 1. The van der Waals surface area contributed by atoms with Gasteiger partial charge in [-0.25, -0.2) is 0 Å². The molecule has 2 N–H and O–H groups in total. The lowest BCUT2D eigenvalue weighted by molar-refractivity contribution is 0.378. The van der Waals surface area contributed by atoms with Crippen molar-refractivity contribution in [2.45, 2.75) is 25.3 Å². The summed E-state index contributed by atoms with van der Waals surface area (Å²) in [6.07, 6.45) is 2.77. The van der Waals surface area contributed by atoms with Gasteiger partial charge in [0.05, 0.1) is 0 Å². The second-order valence-corrected chi connectivity index (χ2v) is 7.95. The number of hydrogen-bond donors (Lipinski definition) is 2. The van der Waals surface area contributed by atoms with Crippen LogP contribution < -0.4 is 15.5 Å². The standard InChI is InChI=1S/C23H27ClN6O/c1-25-23(27-19-12-15-30(16-13-19)20-5-3-2-4-6-20)26-14-11-21-28-22(29-31-21)17-7-9-18(24)10-8-17/h2-10,19H,11-16H2,1H3,(H2,25,26,27). The molecular weight excluding hydrogens is 412 g/mol. The summed E-state index contributed by atoms with van der Waals surface area (Å²) in [5.41, 5.74) is 2.17. The van der Waals surface area contributed by atoms with E-state index in [1.54, 1.807) is 7.05 Å². The third-order valence-corrected chi connectivity index (χ3v) is 5.63. The first kappa shape index (κ1) is 21.2. The minimum atomic E-state index is 0.408. The molecule has 31 heavy (non-hydrogen) atoms. The van der Waals surface area contributed by atoms with E-state index in [1.165, 1.54) is 5.69 Å². The van der Waals surface area contributed by atoms with Crippen molar-refractivity contribution >= 4 is 23.2 Å². The normalized spacial score (nSPS) is 15.2. The van der Waals surface area contributed by atoms with Crippen molar-refractivity contribution < 1.29 is 4.52 Å². The zero-order valence-corrected chi connectivity index (χ0v) is 18.3. The predicted molar refractivity (Wildman–Crippen MR) is 125 cm³/mol. The Labute approximate surface area is 187 Å². The fraction of sp³-hybridized carbons (Fsp3) is 0.348. The summed E-state index contributed by atoms with van der Waals surface area (Å²) in [6.45, 7) is 2.73. The minimum absolute atomic E-state index is 0.408. The third kappa shape index (κ3) is 5.76. The van der Waals surface area contributed by atoms with Gasteiger partial charge in [-0.2, -0.15) is 4.98 Å². The Hall–Kier alpha value is -3.06. The molecule has 0 aliphatic carbocycles. The second kappa shape index (κ2) is 10.3. The molecule has 4 rings (SSSR count). The lowest BCUT2D eigenvalue weighted by Gasteiger charge is -2.34. The van der Waals surface area contributed by atoms with Gasteiger partial charge in [0.2, 0.25) is 11.7 Å². The first-order valence-corrected chi connectivity index (χ1v) is 10.9. The molecule has 1 aromatic heterocycles. The lowest BCUT2D eigenvalue weighted by Crippen LogP contribution is -2.49. The number of benzene rings is 2. The molecule has 1 aliphatic rings. The highest BCUT2D eigenvalue weighted by molar-refractivity contribution is 6.30. The van der Waals surface area contributed by atoms with Gasteiger partial charge in [-0.1, -0.05) is 35.0 Å². The van der Waals surface area contributed by atoms with Crippen LogP contribution in [0.1, 0.15) is 18.7 Å². The van der Waals surface area contributed by atoms with Gasteiger partial charge in [-0.15, -0.1) is 0 Å². The van der Waals surface area contributed by atoms with Crippen LogP contribution in [0.4, 0.5) is 5.69 Å². The highest BCUT2D eigenvalue weighted by Gasteiger charge is 2.20. The maximum atomic E-state index is 5.93. The van der Waals surface area contributed by atoms with Crippen LogP contribution in [0.5, 0.6) is 0 Å². The van der Waals surface area contributed by atoms with Crippen LogP contribution in [-0.4, -0.2) is 48.8 Å². The Morgan fingerprint density at radius 3 is 2.58 bits per heavy atom. The number of hydrogen-bond acceptors (Lipinski definition) is 5. The molecule has 7 nitrogen and oxygen atoms in total. The fourth-order valence-corrected chi connectivity index (χ4v) is 3.80. The van der Waals surface area contributed by atoms with Crippen molar-refractivity contribution in [2.24, 2.45) is 4.99 Å². The van der Waals surface area contributed by atoms with E-state index in [-0.39, 0.29) is 0 Å². The van der Waals surface area contributed by atoms with Crippen molar-refractivity contribution in [1.29, 1.82) is 0 Å². The van der Waals surface area contributed by atoms with Crippen LogP contribution >= 0.6 is 11.6 Å². The first-order valence-electron chi connectivity index (χ1n) is 10.6. The Bertz CT molecular complexity index is 981. The summed E-state index contributed by atoms with van der Waals surface area (Å²) in [7, 11) is 1.79. The van der Waals surface area contributed by atoms with Gasteiger partial charge in [0, 0.05) is 55.4 Å². The van der Waals surface area contributed by atoms with E-state index in [4.69, 9.17) is 16.1 Å². The summed E-state index contributed by atoms with van der Waals surface area (Å²) >= 11 is 5.93. The second-order valence-electron chi connectivity index (χ2n) is 7.51. The number of aromatic nitrogens is 2. The van der Waals surface area contributed by atoms with E-state index < -0.39 is 0 Å². The van der Waals surface area contributed by atoms with Crippen LogP contribution in [0.15, 0.2) is 64.1 Å². The quantitative estimate of drug-likeness (QED) is 0.450. The van der Waals surface area contributed by atoms with E-state index in [0.717, 1.165) is 37.5 Å². The molecule has 1 saturated heterocycles. The highest BCUT2D eigenvalue weighted by Crippen LogP contribution is 2.20. The topological polar surface area (TPSA) is 78.6 Å². The molecule has 0 amide bonds. The van der Waals surface area contributed by atoms with Gasteiger partial charge in [-0.05, 0) is 49.2 Å². The summed E-state index contributed by atoms with van der Waals surface area (Å²) in [5, 5.41) is 11.6. The molecule has 2 aromatic carbocycles. The van der Waals surface area contributed by atoms with Gasteiger partial charge < -0.3 is 20.1 Å². The number of anilines is 1. The van der Waals surface area contributed by atoms with Crippen LogP contribution in [0.2, 0.25) is 5.02 Å². The van der Waals surface area contributed by atoms with Gasteiger partial charge in [0.15, 0.2) is 5.96 Å². The van der Waals surface area contributed by atoms with Gasteiger partial charge in [-0.3, -0.25) is 4.99 Å². The van der Waals surface area contributed by atoms with Gasteiger partial charge >= 0.3 is 0 Å². The molecule has 3 aromatic rings. The third-order valence-electron chi connectivity index (χ3n) is 5.38. The zero-order valence-electron chi connectivity index (χ0n) is 17.6. The molecule has 2 heterocycles. The summed E-state index contributed by atoms with van der Waals surface area (Å²) in [4.78, 5) is 11.2. The molecule has 0 saturated carbocycles. The molecule has 8 heteroatoms. The van der Waals surface area contributed by atoms with Crippen molar-refractivity contribution in [2.75, 3.05) is 31.6 Å². The van der Waals surface area contributed by atoms with Crippen LogP contribution in [0, 0.1) is 0 Å². The van der Waals surface area contributed by atoms with E-state index >= 15 is 0 Å². The Balaban J connectivity index is 1.21. The number of para-hydroxylation sites is 1. The molecule has 0 atom stereocenters. The smallest absolute Gasteiger partial charge is 0.228 e. The number of piperidine rings is 1. The largest absolute Gasteiger partial charge is 0.371 e. The van der Waals surface area contributed by atoms with Gasteiger partial charge in [0.25, 0.3) is 0 Å². The molecular formula is C23H27ClN6O. The van der Waals surface area contributed by atoms with Crippen molar-refractivity contribution in [3.05, 3.63) is 65.5 Å². The monoisotopic (exact) mass is 438 g/mol. The van der Waals surface area contributed by atoms with E-state index in [0.29, 0.717) is 35.7 Å². The average molecular weight is 439 g/mol. The van der Waals surface area contributed by atoms with Crippen molar-refractivity contribution in [3.8, 4) is 11.4 Å². The Morgan fingerprint density at radius 2 is 1.87 bits per heavy atom. The predicted octanol–water partition coefficient (Wildman–Crippen LogP) is 3.77. The maximum Gasteiger partial charge on any atom is 0.228 e. The Morgan fingerprint density at radius 1 is 1.13 bits per heavy atom. The van der Waals surface area contributed by atoms with Crippen LogP contribution in [0.3, 0.4) is 0 Å². The van der Waals surface area contributed by atoms with Crippen molar-refractivity contribution in [3.63, 3.8) is 0 Å². The van der Waals surface area contributed by atoms with E-state index in [1.807, 2.05) is 24.3 Å². The minimum Gasteiger partial charge on any atom is -0.371 e. The molecule has 1 fully saturated rings.